The van der Waals surface area contributed by atoms with Crippen molar-refractivity contribution in [2.45, 2.75) is 24.7 Å². The van der Waals surface area contributed by atoms with Gasteiger partial charge in [-0.3, -0.25) is 4.79 Å². The Balaban J connectivity index is 2.15. The van der Waals surface area contributed by atoms with Crippen molar-refractivity contribution >= 4 is 17.0 Å². The normalized spacial score (nSPS) is 17.2. The highest BCUT2D eigenvalue weighted by molar-refractivity contribution is 5.83. The van der Waals surface area contributed by atoms with E-state index in [1.54, 1.807) is 6.20 Å². The van der Waals surface area contributed by atoms with E-state index in [-0.39, 0.29) is 11.8 Å². The average Bonchev–Trinajstić information content (AvgIpc) is 2.97. The van der Waals surface area contributed by atoms with Crippen LogP contribution in [0.4, 0.5) is 0 Å². The molecule has 0 aliphatic heterocycles. The zero-order chi connectivity index (χ0) is 12.0. The number of hydrogen-bond acceptors (Lipinski definition) is 2. The molecule has 1 aliphatic carbocycles. The van der Waals surface area contributed by atoms with E-state index in [4.69, 9.17) is 5.11 Å². The number of fused-ring (bicyclic) bond motifs is 1. The lowest BCUT2D eigenvalue weighted by Gasteiger charge is -2.10. The minimum atomic E-state index is -0.719. The lowest BCUT2D eigenvalue weighted by Crippen LogP contribution is -2.12. The van der Waals surface area contributed by atoms with Gasteiger partial charge in [-0.2, -0.15) is 0 Å². The SMILES string of the molecule is Cn1cc(C2(CC(=O)O)CC2)c2cccnc21. The molecule has 2 aromatic heterocycles. The molecule has 0 aromatic carbocycles. The fourth-order valence-electron chi connectivity index (χ4n) is 2.62. The Hall–Kier alpha value is -1.84. The van der Waals surface area contributed by atoms with Crippen molar-refractivity contribution in [3.05, 3.63) is 30.1 Å². The highest BCUT2D eigenvalue weighted by Crippen LogP contribution is 2.53. The van der Waals surface area contributed by atoms with Gasteiger partial charge in [0.15, 0.2) is 0 Å². The molecule has 2 aromatic rings. The first-order valence-electron chi connectivity index (χ1n) is 5.75. The number of carboxylic acids is 1. The summed E-state index contributed by atoms with van der Waals surface area (Å²) < 4.78 is 1.98. The molecule has 0 unspecified atom stereocenters. The third-order valence-electron chi connectivity index (χ3n) is 3.65. The van der Waals surface area contributed by atoms with Crippen molar-refractivity contribution in [1.29, 1.82) is 0 Å². The van der Waals surface area contributed by atoms with Gasteiger partial charge in [-0.05, 0) is 30.5 Å². The van der Waals surface area contributed by atoms with E-state index < -0.39 is 5.97 Å². The van der Waals surface area contributed by atoms with Crippen LogP contribution in [0.2, 0.25) is 0 Å². The number of carbonyl (C=O) groups is 1. The first-order chi connectivity index (χ1) is 8.12. The number of hydrogen-bond donors (Lipinski definition) is 1. The van der Waals surface area contributed by atoms with Gasteiger partial charge >= 0.3 is 5.97 Å². The fourth-order valence-corrected chi connectivity index (χ4v) is 2.62. The van der Waals surface area contributed by atoms with E-state index in [9.17, 15) is 4.79 Å². The van der Waals surface area contributed by atoms with Gasteiger partial charge in [-0.25, -0.2) is 4.98 Å². The van der Waals surface area contributed by atoms with Crippen LogP contribution >= 0.6 is 0 Å². The molecule has 1 fully saturated rings. The summed E-state index contributed by atoms with van der Waals surface area (Å²) in [4.78, 5) is 15.3. The summed E-state index contributed by atoms with van der Waals surface area (Å²) in [5.74, 6) is -0.719. The number of rotatable bonds is 3. The predicted molar refractivity (Wildman–Crippen MR) is 63.9 cm³/mol. The summed E-state index contributed by atoms with van der Waals surface area (Å²) >= 11 is 0. The Bertz CT molecular complexity index is 596. The molecule has 0 radical (unpaired) electrons. The van der Waals surface area contributed by atoms with Crippen LogP contribution in [-0.4, -0.2) is 20.6 Å². The van der Waals surface area contributed by atoms with Crippen LogP contribution in [0.1, 0.15) is 24.8 Å². The Morgan fingerprint density at radius 1 is 1.59 bits per heavy atom. The molecule has 1 N–H and O–H groups in total. The number of nitrogens with zero attached hydrogens (tertiary/aromatic N) is 2. The molecular weight excluding hydrogens is 216 g/mol. The number of aryl methyl sites for hydroxylation is 1. The molecule has 0 saturated heterocycles. The third kappa shape index (κ3) is 1.52. The minimum absolute atomic E-state index is 0.144. The largest absolute Gasteiger partial charge is 0.481 e. The lowest BCUT2D eigenvalue weighted by molar-refractivity contribution is -0.137. The van der Waals surface area contributed by atoms with Crippen molar-refractivity contribution < 1.29 is 9.90 Å². The molecule has 0 atom stereocenters. The summed E-state index contributed by atoms with van der Waals surface area (Å²) in [5.41, 5.74) is 1.93. The molecule has 0 amide bonds. The average molecular weight is 230 g/mol. The first-order valence-corrected chi connectivity index (χ1v) is 5.75. The Morgan fingerprint density at radius 3 is 3.00 bits per heavy atom. The predicted octanol–water partition coefficient (Wildman–Crippen LogP) is 2.08. The van der Waals surface area contributed by atoms with Gasteiger partial charge in [-0.15, -0.1) is 0 Å². The maximum atomic E-state index is 10.9. The Morgan fingerprint density at radius 2 is 2.35 bits per heavy atom. The van der Waals surface area contributed by atoms with Gasteiger partial charge in [0.05, 0.1) is 6.42 Å². The van der Waals surface area contributed by atoms with Crippen molar-refractivity contribution in [1.82, 2.24) is 9.55 Å². The van der Waals surface area contributed by atoms with E-state index in [2.05, 4.69) is 4.98 Å². The molecule has 3 rings (SSSR count). The van der Waals surface area contributed by atoms with Crippen LogP contribution in [-0.2, 0) is 17.3 Å². The van der Waals surface area contributed by atoms with Crippen LogP contribution in [0, 0.1) is 0 Å². The Kier molecular flexibility index (Phi) is 2.02. The van der Waals surface area contributed by atoms with E-state index >= 15 is 0 Å². The van der Waals surface area contributed by atoms with Gasteiger partial charge < -0.3 is 9.67 Å². The Labute approximate surface area is 98.9 Å². The zero-order valence-electron chi connectivity index (χ0n) is 9.68. The second-order valence-electron chi connectivity index (χ2n) is 4.88. The van der Waals surface area contributed by atoms with Crippen molar-refractivity contribution in [2.24, 2.45) is 7.05 Å². The zero-order valence-corrected chi connectivity index (χ0v) is 9.68. The summed E-state index contributed by atoms with van der Waals surface area (Å²) in [6.45, 7) is 0. The summed E-state index contributed by atoms with van der Waals surface area (Å²) in [5, 5.41) is 10.1. The minimum Gasteiger partial charge on any atom is -0.481 e. The van der Waals surface area contributed by atoms with Crippen LogP contribution in [0.3, 0.4) is 0 Å². The number of aliphatic carboxylic acids is 1. The quantitative estimate of drug-likeness (QED) is 0.878. The molecule has 1 aliphatic rings. The highest BCUT2D eigenvalue weighted by Gasteiger charge is 2.47. The molecule has 2 heterocycles. The van der Waals surface area contributed by atoms with Gasteiger partial charge in [0.2, 0.25) is 0 Å². The van der Waals surface area contributed by atoms with E-state index in [1.807, 2.05) is 29.9 Å². The van der Waals surface area contributed by atoms with E-state index in [0.717, 1.165) is 29.4 Å². The lowest BCUT2D eigenvalue weighted by atomic mass is 9.93. The summed E-state index contributed by atoms with van der Waals surface area (Å²) in [7, 11) is 1.95. The maximum absolute atomic E-state index is 10.9. The summed E-state index contributed by atoms with van der Waals surface area (Å²) in [6, 6.07) is 3.93. The molecule has 0 bridgehead atoms. The summed E-state index contributed by atoms with van der Waals surface area (Å²) in [6.07, 6.45) is 5.96. The molecule has 1 saturated carbocycles. The molecular formula is C13H14N2O2. The maximum Gasteiger partial charge on any atom is 0.304 e. The van der Waals surface area contributed by atoms with Crippen molar-refractivity contribution in [3.63, 3.8) is 0 Å². The molecule has 4 heteroatoms. The van der Waals surface area contributed by atoms with E-state index in [1.165, 1.54) is 0 Å². The molecule has 4 nitrogen and oxygen atoms in total. The van der Waals surface area contributed by atoms with Crippen molar-refractivity contribution in [3.8, 4) is 0 Å². The topological polar surface area (TPSA) is 55.1 Å². The van der Waals surface area contributed by atoms with Gasteiger partial charge in [-0.1, -0.05) is 0 Å². The number of aromatic nitrogens is 2. The third-order valence-corrected chi connectivity index (χ3v) is 3.65. The molecule has 0 spiro atoms. The second kappa shape index (κ2) is 3.32. The van der Waals surface area contributed by atoms with Crippen LogP contribution < -0.4 is 0 Å². The monoisotopic (exact) mass is 230 g/mol. The number of carboxylic acid groups (broad SMARTS) is 1. The smallest absolute Gasteiger partial charge is 0.304 e. The number of pyridine rings is 1. The first kappa shape index (κ1) is 10.3. The van der Waals surface area contributed by atoms with Crippen LogP contribution in [0.15, 0.2) is 24.5 Å². The standard InChI is InChI=1S/C13H14N2O2/c1-15-8-10(9-3-2-6-14-12(9)15)13(4-5-13)7-11(16)17/h2-3,6,8H,4-5,7H2,1H3,(H,16,17). The fraction of sp³-hybridized carbons (Fsp3) is 0.385. The van der Waals surface area contributed by atoms with Crippen LogP contribution in [0.5, 0.6) is 0 Å². The van der Waals surface area contributed by atoms with Crippen molar-refractivity contribution in [2.75, 3.05) is 0 Å². The molecule has 17 heavy (non-hydrogen) atoms. The molecule has 88 valence electrons. The van der Waals surface area contributed by atoms with Gasteiger partial charge in [0.1, 0.15) is 5.65 Å². The highest BCUT2D eigenvalue weighted by atomic mass is 16.4. The van der Waals surface area contributed by atoms with Gasteiger partial charge in [0.25, 0.3) is 0 Å². The van der Waals surface area contributed by atoms with Crippen LogP contribution in [0.25, 0.3) is 11.0 Å². The van der Waals surface area contributed by atoms with E-state index in [0.29, 0.717) is 0 Å². The van der Waals surface area contributed by atoms with Gasteiger partial charge in [0, 0.05) is 30.2 Å². The second-order valence-corrected chi connectivity index (χ2v) is 4.88.